The summed E-state index contributed by atoms with van der Waals surface area (Å²) in [7, 11) is 0. The standard InChI is InChI=1S/C16H17BrFN5O2/c17-11-7-9(1-2-12(11)18)8-13(19)14-15(23-25-22-14)21-16(24)10-3-5-20-6-4-10/h1-2,7,10,19-20H,3-6,8H2,(H,21,23,24). The molecule has 3 rings (SSSR count). The first-order valence-electron chi connectivity index (χ1n) is 7.90. The molecule has 1 saturated heterocycles. The van der Waals surface area contributed by atoms with E-state index in [1.165, 1.54) is 6.07 Å². The van der Waals surface area contributed by atoms with E-state index in [2.05, 4.69) is 36.9 Å². The number of anilines is 1. The SMILES string of the molecule is N=C(Cc1ccc(F)c(Br)c1)c1nonc1NC(=O)C1CCNCC1. The number of halogens is 2. The zero-order valence-corrected chi connectivity index (χ0v) is 14.9. The van der Waals surface area contributed by atoms with Crippen molar-refractivity contribution in [3.05, 3.63) is 39.7 Å². The van der Waals surface area contributed by atoms with Gasteiger partial charge in [0.1, 0.15) is 5.82 Å². The molecule has 0 aliphatic carbocycles. The number of hydrogen-bond acceptors (Lipinski definition) is 6. The van der Waals surface area contributed by atoms with Gasteiger partial charge in [0.25, 0.3) is 0 Å². The number of piperidine rings is 1. The normalized spacial score (nSPS) is 15.1. The van der Waals surface area contributed by atoms with Gasteiger partial charge < -0.3 is 16.0 Å². The Kier molecular flexibility index (Phi) is 5.54. The smallest absolute Gasteiger partial charge is 0.228 e. The van der Waals surface area contributed by atoms with E-state index in [0.717, 1.165) is 31.5 Å². The van der Waals surface area contributed by atoms with Crippen LogP contribution in [-0.2, 0) is 11.2 Å². The molecule has 0 saturated carbocycles. The maximum Gasteiger partial charge on any atom is 0.228 e. The summed E-state index contributed by atoms with van der Waals surface area (Å²) in [5, 5.41) is 21.5. The van der Waals surface area contributed by atoms with Crippen molar-refractivity contribution in [2.75, 3.05) is 18.4 Å². The number of aromatic nitrogens is 2. The molecule has 7 nitrogen and oxygen atoms in total. The maximum atomic E-state index is 13.3. The predicted octanol–water partition coefficient (Wildman–Crippen LogP) is 2.52. The number of benzene rings is 1. The Hall–Kier alpha value is -2.13. The molecule has 2 aromatic rings. The molecule has 3 N–H and O–H groups in total. The van der Waals surface area contributed by atoms with Crippen molar-refractivity contribution in [2.24, 2.45) is 5.92 Å². The maximum absolute atomic E-state index is 13.3. The van der Waals surface area contributed by atoms with Crippen molar-refractivity contribution in [3.8, 4) is 0 Å². The van der Waals surface area contributed by atoms with Crippen LogP contribution in [0.5, 0.6) is 0 Å². The van der Waals surface area contributed by atoms with Crippen LogP contribution >= 0.6 is 15.9 Å². The molecule has 1 aromatic carbocycles. The molecule has 25 heavy (non-hydrogen) atoms. The molecule has 0 unspecified atom stereocenters. The van der Waals surface area contributed by atoms with Crippen molar-refractivity contribution < 1.29 is 13.8 Å². The topological polar surface area (TPSA) is 104 Å². The summed E-state index contributed by atoms with van der Waals surface area (Å²) in [5.41, 5.74) is 1.04. The molecule has 0 radical (unpaired) electrons. The number of amides is 1. The van der Waals surface area contributed by atoms with E-state index in [-0.39, 0.29) is 41.3 Å². The van der Waals surface area contributed by atoms with E-state index >= 15 is 0 Å². The number of hydrogen-bond donors (Lipinski definition) is 3. The number of nitrogens with zero attached hydrogens (tertiary/aromatic N) is 2. The fourth-order valence-electron chi connectivity index (χ4n) is 2.71. The molecule has 1 aliphatic heterocycles. The molecule has 1 aliphatic rings. The zero-order valence-electron chi connectivity index (χ0n) is 13.3. The predicted molar refractivity (Wildman–Crippen MR) is 93.2 cm³/mol. The lowest BCUT2D eigenvalue weighted by Crippen LogP contribution is -2.35. The molecule has 1 amide bonds. The highest BCUT2D eigenvalue weighted by molar-refractivity contribution is 9.10. The van der Waals surface area contributed by atoms with Gasteiger partial charge >= 0.3 is 0 Å². The summed E-state index contributed by atoms with van der Waals surface area (Å²) in [6, 6.07) is 4.52. The second-order valence-corrected chi connectivity index (χ2v) is 6.73. The van der Waals surface area contributed by atoms with Gasteiger partial charge in [-0.15, -0.1) is 0 Å². The van der Waals surface area contributed by atoms with Crippen LogP contribution in [0.15, 0.2) is 27.3 Å². The largest absolute Gasteiger partial charge is 0.317 e. The minimum Gasteiger partial charge on any atom is -0.317 e. The lowest BCUT2D eigenvalue weighted by atomic mass is 9.97. The minimum absolute atomic E-state index is 0.0898. The van der Waals surface area contributed by atoms with E-state index in [1.54, 1.807) is 12.1 Å². The van der Waals surface area contributed by atoms with Crippen LogP contribution in [0.2, 0.25) is 0 Å². The first kappa shape index (κ1) is 17.7. The zero-order chi connectivity index (χ0) is 17.8. The van der Waals surface area contributed by atoms with E-state index in [9.17, 15) is 9.18 Å². The molecule has 0 spiro atoms. The van der Waals surface area contributed by atoms with Crippen LogP contribution in [0.1, 0.15) is 24.1 Å². The van der Waals surface area contributed by atoms with Crippen LogP contribution < -0.4 is 10.6 Å². The average Bonchev–Trinajstić information content (AvgIpc) is 3.07. The third-order valence-electron chi connectivity index (χ3n) is 4.09. The number of carbonyl (C=O) groups excluding carboxylic acids is 1. The third kappa shape index (κ3) is 4.29. The summed E-state index contributed by atoms with van der Waals surface area (Å²) < 4.78 is 18.3. The Morgan fingerprint density at radius 3 is 2.88 bits per heavy atom. The van der Waals surface area contributed by atoms with Crippen LogP contribution in [-0.4, -0.2) is 35.0 Å². The summed E-state index contributed by atoms with van der Waals surface area (Å²) in [6.45, 7) is 1.61. The Bertz CT molecular complexity index is 789. The molecule has 2 heterocycles. The van der Waals surface area contributed by atoms with Gasteiger partial charge in [0, 0.05) is 12.3 Å². The first-order chi connectivity index (χ1) is 12.0. The molecule has 132 valence electrons. The third-order valence-corrected chi connectivity index (χ3v) is 4.70. The lowest BCUT2D eigenvalue weighted by Gasteiger charge is -2.21. The van der Waals surface area contributed by atoms with Crippen LogP contribution in [0.3, 0.4) is 0 Å². The van der Waals surface area contributed by atoms with E-state index in [0.29, 0.717) is 4.47 Å². The van der Waals surface area contributed by atoms with Crippen LogP contribution in [0.4, 0.5) is 10.2 Å². The fourth-order valence-corrected chi connectivity index (χ4v) is 3.14. The molecule has 0 bridgehead atoms. The Morgan fingerprint density at radius 1 is 1.40 bits per heavy atom. The van der Waals surface area contributed by atoms with Crippen molar-refractivity contribution in [1.82, 2.24) is 15.6 Å². The quantitative estimate of drug-likeness (QED) is 0.658. The summed E-state index contributed by atoms with van der Waals surface area (Å²) in [4.78, 5) is 12.3. The molecule has 0 atom stereocenters. The van der Waals surface area contributed by atoms with Gasteiger partial charge in [-0.3, -0.25) is 4.79 Å². The average molecular weight is 410 g/mol. The highest BCUT2D eigenvalue weighted by Gasteiger charge is 2.24. The van der Waals surface area contributed by atoms with E-state index in [1.807, 2.05) is 0 Å². The molecule has 9 heteroatoms. The monoisotopic (exact) mass is 409 g/mol. The van der Waals surface area contributed by atoms with Crippen LogP contribution in [0.25, 0.3) is 0 Å². The first-order valence-corrected chi connectivity index (χ1v) is 8.69. The lowest BCUT2D eigenvalue weighted by molar-refractivity contribution is -0.120. The van der Waals surface area contributed by atoms with Gasteiger partial charge in [0.05, 0.1) is 10.2 Å². The summed E-state index contributed by atoms with van der Waals surface area (Å²) >= 11 is 3.12. The van der Waals surface area contributed by atoms with Crippen molar-refractivity contribution >= 4 is 33.4 Å². The molecular formula is C16H17BrFN5O2. The molecule has 1 fully saturated rings. The second kappa shape index (κ2) is 7.83. The van der Waals surface area contributed by atoms with Gasteiger partial charge in [0.15, 0.2) is 5.69 Å². The highest BCUT2D eigenvalue weighted by atomic mass is 79.9. The number of nitrogens with one attached hydrogen (secondary N) is 3. The Morgan fingerprint density at radius 2 is 2.16 bits per heavy atom. The van der Waals surface area contributed by atoms with Crippen molar-refractivity contribution in [2.45, 2.75) is 19.3 Å². The minimum atomic E-state index is -0.367. The number of rotatable bonds is 5. The van der Waals surface area contributed by atoms with Crippen molar-refractivity contribution in [3.63, 3.8) is 0 Å². The summed E-state index contributed by atoms with van der Waals surface area (Å²) in [6.07, 6.45) is 1.73. The number of carbonyl (C=O) groups is 1. The van der Waals surface area contributed by atoms with E-state index < -0.39 is 0 Å². The van der Waals surface area contributed by atoms with E-state index in [4.69, 9.17) is 10.0 Å². The Balaban J connectivity index is 1.68. The van der Waals surface area contributed by atoms with Gasteiger partial charge in [-0.05, 0) is 69.9 Å². The van der Waals surface area contributed by atoms with Gasteiger partial charge in [-0.25, -0.2) is 9.02 Å². The molecular weight excluding hydrogens is 393 g/mol. The fraction of sp³-hybridized carbons (Fsp3) is 0.375. The summed E-state index contributed by atoms with van der Waals surface area (Å²) in [5.74, 6) is -0.452. The van der Waals surface area contributed by atoms with Crippen molar-refractivity contribution in [1.29, 1.82) is 5.41 Å². The Labute approximate surface area is 152 Å². The van der Waals surface area contributed by atoms with Gasteiger partial charge in [-0.2, -0.15) is 0 Å². The second-order valence-electron chi connectivity index (χ2n) is 5.88. The molecule has 1 aromatic heterocycles. The van der Waals surface area contributed by atoms with Gasteiger partial charge in [-0.1, -0.05) is 6.07 Å². The van der Waals surface area contributed by atoms with Gasteiger partial charge in [0.2, 0.25) is 11.7 Å². The van der Waals surface area contributed by atoms with Crippen LogP contribution in [0, 0.1) is 17.1 Å². The highest BCUT2D eigenvalue weighted by Crippen LogP contribution is 2.20.